The van der Waals surface area contributed by atoms with E-state index in [2.05, 4.69) is 11.2 Å². The van der Waals surface area contributed by atoms with E-state index in [9.17, 15) is 14.4 Å². The molecule has 3 rings (SSSR count). The van der Waals surface area contributed by atoms with Gasteiger partial charge in [0, 0.05) is 5.69 Å². The number of thioether (sulfide) groups is 1. The van der Waals surface area contributed by atoms with E-state index in [0.717, 1.165) is 22.2 Å². The highest BCUT2D eigenvalue weighted by atomic mass is 32.2. The summed E-state index contributed by atoms with van der Waals surface area (Å²) in [5.41, 5.74) is 1.33. The quantitative estimate of drug-likeness (QED) is 0.603. The maximum atomic E-state index is 12.5. The lowest BCUT2D eigenvalue weighted by atomic mass is 10.2. The molecule has 1 saturated heterocycles. The molecule has 6 nitrogen and oxygen atoms in total. The van der Waals surface area contributed by atoms with Crippen LogP contribution in [0.4, 0.5) is 10.5 Å². The Hall–Kier alpha value is -3.50. The van der Waals surface area contributed by atoms with Crippen LogP contribution in [0, 0.1) is 12.3 Å². The van der Waals surface area contributed by atoms with Crippen LogP contribution in [0.2, 0.25) is 0 Å². The van der Waals surface area contributed by atoms with Gasteiger partial charge >= 0.3 is 0 Å². The minimum Gasteiger partial charge on any atom is -0.481 e. The highest BCUT2D eigenvalue weighted by Gasteiger charge is 2.36. The fraction of sp³-hybridized carbons (Fsp3) is 0.0952. The molecule has 0 aromatic heterocycles. The third-order valence-electron chi connectivity index (χ3n) is 3.73. The first-order valence-corrected chi connectivity index (χ1v) is 9.15. The summed E-state index contributed by atoms with van der Waals surface area (Å²) in [5.74, 6) is 2.06. The molecule has 28 heavy (non-hydrogen) atoms. The lowest BCUT2D eigenvalue weighted by Crippen LogP contribution is -2.36. The van der Waals surface area contributed by atoms with Crippen molar-refractivity contribution in [1.29, 1.82) is 0 Å². The molecule has 0 saturated carbocycles. The third-order valence-corrected chi connectivity index (χ3v) is 4.64. The van der Waals surface area contributed by atoms with Crippen molar-refractivity contribution in [3.05, 3.63) is 65.1 Å². The van der Waals surface area contributed by atoms with Crippen LogP contribution in [0.5, 0.6) is 5.75 Å². The molecule has 0 atom stereocenters. The Morgan fingerprint density at radius 2 is 1.86 bits per heavy atom. The molecule has 0 unspecified atom stereocenters. The van der Waals surface area contributed by atoms with Crippen molar-refractivity contribution in [3.63, 3.8) is 0 Å². The van der Waals surface area contributed by atoms with Crippen molar-refractivity contribution in [2.75, 3.05) is 18.5 Å². The second-order valence-corrected chi connectivity index (χ2v) is 6.74. The Bertz CT molecular complexity index is 962. The minimum atomic E-state index is -0.495. The fourth-order valence-electron chi connectivity index (χ4n) is 2.44. The van der Waals surface area contributed by atoms with Gasteiger partial charge in [-0.05, 0) is 47.7 Å². The van der Waals surface area contributed by atoms with E-state index >= 15 is 0 Å². The van der Waals surface area contributed by atoms with Gasteiger partial charge in [-0.1, -0.05) is 36.3 Å². The molecule has 1 fully saturated rings. The van der Waals surface area contributed by atoms with Gasteiger partial charge in [-0.3, -0.25) is 19.3 Å². The van der Waals surface area contributed by atoms with Crippen molar-refractivity contribution < 1.29 is 19.1 Å². The molecule has 7 heteroatoms. The highest BCUT2D eigenvalue weighted by molar-refractivity contribution is 8.18. The average molecular weight is 392 g/mol. The van der Waals surface area contributed by atoms with Gasteiger partial charge in [0.15, 0.2) is 0 Å². The van der Waals surface area contributed by atoms with Crippen LogP contribution in [0.1, 0.15) is 5.56 Å². The Morgan fingerprint density at radius 1 is 1.14 bits per heavy atom. The minimum absolute atomic E-state index is 0.170. The number of para-hydroxylation sites is 1. The maximum Gasteiger partial charge on any atom is 0.294 e. The zero-order chi connectivity index (χ0) is 19.9. The smallest absolute Gasteiger partial charge is 0.294 e. The van der Waals surface area contributed by atoms with Gasteiger partial charge in [0.05, 0.1) is 4.91 Å². The number of benzene rings is 2. The molecule has 2 aromatic rings. The highest BCUT2D eigenvalue weighted by Crippen LogP contribution is 2.32. The number of anilines is 1. The van der Waals surface area contributed by atoms with Crippen LogP contribution in [0.25, 0.3) is 6.08 Å². The van der Waals surface area contributed by atoms with Crippen LogP contribution in [-0.2, 0) is 9.59 Å². The van der Waals surface area contributed by atoms with Crippen LogP contribution in [0.15, 0.2) is 59.5 Å². The van der Waals surface area contributed by atoms with E-state index in [-0.39, 0.29) is 18.1 Å². The van der Waals surface area contributed by atoms with Gasteiger partial charge in [0.2, 0.25) is 5.91 Å². The van der Waals surface area contributed by atoms with E-state index < -0.39 is 17.1 Å². The van der Waals surface area contributed by atoms with Crippen molar-refractivity contribution >= 4 is 40.6 Å². The Balaban J connectivity index is 1.65. The Morgan fingerprint density at radius 3 is 2.54 bits per heavy atom. The molecular formula is C21H16N2O4S. The molecule has 3 amide bonds. The fourth-order valence-corrected chi connectivity index (χ4v) is 3.28. The first-order chi connectivity index (χ1) is 13.6. The number of hydrogen-bond donors (Lipinski definition) is 1. The zero-order valence-electron chi connectivity index (χ0n) is 14.8. The Labute approximate surface area is 166 Å². The third kappa shape index (κ3) is 4.81. The van der Waals surface area contributed by atoms with Crippen LogP contribution in [0.3, 0.4) is 0 Å². The number of rotatable bonds is 6. The summed E-state index contributed by atoms with van der Waals surface area (Å²) in [6, 6.07) is 15.8. The predicted molar refractivity (Wildman–Crippen MR) is 109 cm³/mol. The summed E-state index contributed by atoms with van der Waals surface area (Å²) in [4.78, 5) is 38.0. The number of nitrogens with zero attached hydrogens (tertiary/aromatic N) is 1. The number of amides is 3. The second kappa shape index (κ2) is 8.93. The number of nitrogens with one attached hydrogen (secondary N) is 1. The van der Waals surface area contributed by atoms with Gasteiger partial charge in [-0.25, -0.2) is 0 Å². The maximum absolute atomic E-state index is 12.5. The van der Waals surface area contributed by atoms with Gasteiger partial charge in [0.1, 0.15) is 18.9 Å². The SMILES string of the molecule is C#CCOc1ccc(/C=C2\SC(=O)N(CC(=O)Nc3ccccc3)C2=O)cc1. The molecule has 1 aliphatic rings. The van der Waals surface area contributed by atoms with E-state index in [1.807, 2.05) is 6.07 Å². The summed E-state index contributed by atoms with van der Waals surface area (Å²) in [5, 5.41) is 2.18. The van der Waals surface area contributed by atoms with Gasteiger partial charge in [-0.15, -0.1) is 6.42 Å². The van der Waals surface area contributed by atoms with Crippen molar-refractivity contribution in [1.82, 2.24) is 4.90 Å². The number of imide groups is 1. The van der Waals surface area contributed by atoms with E-state index in [1.165, 1.54) is 0 Å². The number of hydrogen-bond acceptors (Lipinski definition) is 5. The first kappa shape index (κ1) is 19.3. The topological polar surface area (TPSA) is 75.7 Å². The number of terminal acetylenes is 1. The standard InChI is InChI=1S/C21H16N2O4S/c1-2-12-27-17-10-8-15(9-11-17)13-18-20(25)23(21(26)28-18)14-19(24)22-16-6-4-3-5-7-16/h1,3-11,13H,12,14H2,(H,22,24)/b18-13-. The zero-order valence-corrected chi connectivity index (χ0v) is 15.6. The molecule has 0 bridgehead atoms. The van der Waals surface area contributed by atoms with Crippen LogP contribution in [-0.4, -0.2) is 35.1 Å². The summed E-state index contributed by atoms with van der Waals surface area (Å²) in [6.07, 6.45) is 6.75. The van der Waals surface area contributed by atoms with Crippen molar-refractivity contribution in [2.45, 2.75) is 0 Å². The van der Waals surface area contributed by atoms with Crippen LogP contribution >= 0.6 is 11.8 Å². The molecule has 0 radical (unpaired) electrons. The summed E-state index contributed by atoms with van der Waals surface area (Å²) in [6.45, 7) is -0.168. The molecule has 0 spiro atoms. The largest absolute Gasteiger partial charge is 0.481 e. The number of ether oxygens (including phenoxy) is 1. The second-order valence-electron chi connectivity index (χ2n) is 5.74. The van der Waals surface area contributed by atoms with Crippen molar-refractivity contribution in [2.24, 2.45) is 0 Å². The molecule has 0 aliphatic carbocycles. The monoisotopic (exact) mass is 392 g/mol. The summed E-state index contributed by atoms with van der Waals surface area (Å²) < 4.78 is 5.29. The van der Waals surface area contributed by atoms with E-state index in [4.69, 9.17) is 11.2 Å². The van der Waals surface area contributed by atoms with Gasteiger partial charge in [-0.2, -0.15) is 0 Å². The molecule has 140 valence electrons. The van der Waals surface area contributed by atoms with Gasteiger partial charge < -0.3 is 10.1 Å². The number of carbonyl (C=O) groups is 3. The number of carbonyl (C=O) groups excluding carboxylic acids is 3. The van der Waals surface area contributed by atoms with Gasteiger partial charge in [0.25, 0.3) is 11.1 Å². The summed E-state index contributed by atoms with van der Waals surface area (Å²) >= 11 is 0.804. The first-order valence-electron chi connectivity index (χ1n) is 8.33. The molecule has 1 aliphatic heterocycles. The van der Waals surface area contributed by atoms with E-state index in [0.29, 0.717) is 11.4 Å². The van der Waals surface area contributed by atoms with E-state index in [1.54, 1.807) is 54.6 Å². The summed E-state index contributed by atoms with van der Waals surface area (Å²) in [7, 11) is 0. The average Bonchev–Trinajstić information content (AvgIpc) is 2.95. The molecule has 1 N–H and O–H groups in total. The van der Waals surface area contributed by atoms with Crippen molar-refractivity contribution in [3.8, 4) is 18.1 Å². The molecule has 1 heterocycles. The molecule has 2 aromatic carbocycles. The predicted octanol–water partition coefficient (Wildman–Crippen LogP) is 3.37. The lowest BCUT2D eigenvalue weighted by Gasteiger charge is -2.12. The Kier molecular flexibility index (Phi) is 6.14. The lowest BCUT2D eigenvalue weighted by molar-refractivity contribution is -0.127. The normalized spacial score (nSPS) is 14.8. The van der Waals surface area contributed by atoms with Crippen LogP contribution < -0.4 is 10.1 Å². The molecular weight excluding hydrogens is 376 g/mol.